The molecule has 4 rings (SSSR count). The number of carboxylic acids is 1. The molecule has 206 valence electrons. The first kappa shape index (κ1) is 28.0. The molecule has 0 spiro atoms. The second-order valence-corrected chi connectivity index (χ2v) is 8.73. The topological polar surface area (TPSA) is 135 Å². The number of benzene rings is 3. The minimum absolute atomic E-state index is 0.00855. The lowest BCUT2D eigenvalue weighted by molar-refractivity contribution is -0.139. The number of nitrogens with two attached hydrogens (primary N) is 1. The summed E-state index contributed by atoms with van der Waals surface area (Å²) >= 11 is 0. The summed E-state index contributed by atoms with van der Waals surface area (Å²) in [7, 11) is 0. The number of anilines is 1. The van der Waals surface area contributed by atoms with Crippen LogP contribution in [0.1, 0.15) is 33.1 Å². The molecule has 0 amide bonds. The summed E-state index contributed by atoms with van der Waals surface area (Å²) in [4.78, 5) is 37.1. The zero-order valence-electron chi connectivity index (χ0n) is 20.5. The summed E-state index contributed by atoms with van der Waals surface area (Å²) in [6.07, 6.45) is -0.0112. The summed E-state index contributed by atoms with van der Waals surface area (Å²) in [6.45, 7) is -0.00855. The summed E-state index contributed by atoms with van der Waals surface area (Å²) < 4.78 is 58.2. The zero-order valence-corrected chi connectivity index (χ0v) is 20.5. The number of rotatable bonds is 9. The van der Waals surface area contributed by atoms with Crippen molar-refractivity contribution in [1.82, 2.24) is 9.88 Å². The lowest BCUT2D eigenvalue weighted by Crippen LogP contribution is -2.30. The maximum absolute atomic E-state index is 15.2. The number of carbonyl (C=O) groups excluding carboxylic acids is 1. The second kappa shape index (κ2) is 11.4. The lowest BCUT2D eigenvalue weighted by Gasteiger charge is -2.17. The minimum atomic E-state index is -1.21. The van der Waals surface area contributed by atoms with Gasteiger partial charge in [-0.25, -0.2) is 17.6 Å². The first-order chi connectivity index (χ1) is 19.0. The molecule has 0 saturated carbocycles. The molecule has 0 unspecified atom stereocenters. The number of aliphatic carboxylic acids is 1. The van der Waals surface area contributed by atoms with Gasteiger partial charge in [-0.05, 0) is 60.0 Å². The standard InChI is InChI=1S/C28H21F4N3O5/c29-16-3-6-18(20(30)13-16)26(38)19-7-8-23(37)35(27(19)33)25-21(31)11-14(12-22(25)32)9-10-34-24(28(39)40)15-1-4-17(36)5-2-15/h1-8,11-13,24,34,36H,9-10,33H2,(H,39,40)/t24-/m0/s1. The highest BCUT2D eigenvalue weighted by Gasteiger charge is 2.24. The number of nitrogens with zero attached hydrogens (tertiary/aromatic N) is 1. The van der Waals surface area contributed by atoms with Gasteiger partial charge >= 0.3 is 5.97 Å². The van der Waals surface area contributed by atoms with Crippen LogP contribution in [0.3, 0.4) is 0 Å². The Hall–Kier alpha value is -4.97. The van der Waals surface area contributed by atoms with Gasteiger partial charge in [-0.15, -0.1) is 0 Å². The molecule has 0 radical (unpaired) electrons. The molecule has 40 heavy (non-hydrogen) atoms. The van der Waals surface area contributed by atoms with Crippen LogP contribution in [0.15, 0.2) is 71.5 Å². The predicted molar refractivity (Wildman–Crippen MR) is 136 cm³/mol. The first-order valence-electron chi connectivity index (χ1n) is 11.7. The highest BCUT2D eigenvalue weighted by atomic mass is 19.1. The molecule has 12 heteroatoms. The number of hydrogen-bond donors (Lipinski definition) is 4. The van der Waals surface area contributed by atoms with Crippen molar-refractivity contribution >= 4 is 17.6 Å². The quantitative estimate of drug-likeness (QED) is 0.182. The van der Waals surface area contributed by atoms with E-state index in [1.54, 1.807) is 0 Å². The molecule has 4 aromatic rings. The van der Waals surface area contributed by atoms with E-state index in [1.807, 2.05) is 0 Å². The fourth-order valence-electron chi connectivity index (χ4n) is 4.15. The molecule has 0 bridgehead atoms. The van der Waals surface area contributed by atoms with Crippen LogP contribution in [0.5, 0.6) is 5.75 Å². The van der Waals surface area contributed by atoms with Gasteiger partial charge in [-0.1, -0.05) is 12.1 Å². The number of nitrogen functional groups attached to an aromatic ring is 1. The maximum atomic E-state index is 15.2. The largest absolute Gasteiger partial charge is 0.508 e. The first-order valence-corrected chi connectivity index (χ1v) is 11.7. The Morgan fingerprint density at radius 3 is 2.10 bits per heavy atom. The number of nitrogens with one attached hydrogen (secondary N) is 1. The molecule has 1 atom stereocenters. The Morgan fingerprint density at radius 2 is 1.50 bits per heavy atom. The Labute approximate surface area is 223 Å². The molecule has 0 aliphatic rings. The van der Waals surface area contributed by atoms with E-state index in [0.717, 1.165) is 36.4 Å². The molecule has 1 heterocycles. The average molecular weight is 555 g/mol. The summed E-state index contributed by atoms with van der Waals surface area (Å²) in [5.41, 5.74) is 3.57. The van der Waals surface area contributed by atoms with Gasteiger partial charge in [0.05, 0.1) is 11.1 Å². The van der Waals surface area contributed by atoms with E-state index in [0.29, 0.717) is 16.2 Å². The van der Waals surface area contributed by atoms with E-state index in [4.69, 9.17) is 5.73 Å². The third kappa shape index (κ3) is 5.71. The number of carboxylic acid groups (broad SMARTS) is 1. The van der Waals surface area contributed by atoms with Crippen LogP contribution in [-0.2, 0) is 11.2 Å². The van der Waals surface area contributed by atoms with Crippen LogP contribution < -0.4 is 16.6 Å². The fourth-order valence-corrected chi connectivity index (χ4v) is 4.15. The number of carbonyl (C=O) groups is 2. The van der Waals surface area contributed by atoms with E-state index in [-0.39, 0.29) is 24.3 Å². The number of aromatic hydroxyl groups is 1. The maximum Gasteiger partial charge on any atom is 0.325 e. The number of pyridine rings is 1. The lowest BCUT2D eigenvalue weighted by atomic mass is 10.0. The van der Waals surface area contributed by atoms with Crippen molar-refractivity contribution in [1.29, 1.82) is 0 Å². The minimum Gasteiger partial charge on any atom is -0.508 e. The third-order valence-corrected chi connectivity index (χ3v) is 6.09. The molecule has 3 aromatic carbocycles. The monoisotopic (exact) mass is 555 g/mol. The third-order valence-electron chi connectivity index (χ3n) is 6.09. The van der Waals surface area contributed by atoms with Gasteiger partial charge < -0.3 is 21.3 Å². The number of phenols is 1. The van der Waals surface area contributed by atoms with E-state index < -0.39 is 69.3 Å². The molecule has 8 nitrogen and oxygen atoms in total. The van der Waals surface area contributed by atoms with Crippen LogP contribution in [0.2, 0.25) is 0 Å². The number of halogens is 4. The Bertz CT molecular complexity index is 1650. The highest BCUT2D eigenvalue weighted by molar-refractivity contribution is 6.11. The smallest absolute Gasteiger partial charge is 0.325 e. The number of aromatic nitrogens is 1. The summed E-state index contributed by atoms with van der Waals surface area (Å²) in [6, 6.07) is 10.2. The Balaban J connectivity index is 1.60. The van der Waals surface area contributed by atoms with Crippen LogP contribution in [0.4, 0.5) is 23.4 Å². The van der Waals surface area contributed by atoms with Gasteiger partial charge in [-0.3, -0.25) is 19.0 Å². The zero-order chi connectivity index (χ0) is 29.1. The molecular formula is C28H21F4N3O5. The van der Waals surface area contributed by atoms with Gasteiger partial charge in [0.2, 0.25) is 0 Å². The molecule has 0 aliphatic heterocycles. The van der Waals surface area contributed by atoms with Crippen molar-refractivity contribution in [3.63, 3.8) is 0 Å². The SMILES string of the molecule is Nc1c(C(=O)c2ccc(F)cc2F)ccc(=O)n1-c1c(F)cc(CCN[C@H](C(=O)O)c2ccc(O)cc2)cc1F. The van der Waals surface area contributed by atoms with Crippen molar-refractivity contribution in [3.05, 3.63) is 123 Å². The Morgan fingerprint density at radius 1 is 0.875 bits per heavy atom. The molecular weight excluding hydrogens is 534 g/mol. The molecule has 5 N–H and O–H groups in total. The van der Waals surface area contributed by atoms with Crippen LogP contribution >= 0.6 is 0 Å². The van der Waals surface area contributed by atoms with Gasteiger partial charge in [0.25, 0.3) is 5.56 Å². The fraction of sp³-hybridized carbons (Fsp3) is 0.107. The van der Waals surface area contributed by atoms with Crippen molar-refractivity contribution in [2.45, 2.75) is 12.5 Å². The Kier molecular flexibility index (Phi) is 8.00. The summed E-state index contributed by atoms with van der Waals surface area (Å²) in [5, 5.41) is 21.7. The molecule has 0 fully saturated rings. The molecule has 1 aromatic heterocycles. The van der Waals surface area contributed by atoms with Crippen LogP contribution in [0, 0.1) is 23.3 Å². The van der Waals surface area contributed by atoms with Gasteiger partial charge in [-0.2, -0.15) is 0 Å². The van der Waals surface area contributed by atoms with Crippen molar-refractivity contribution in [3.8, 4) is 11.4 Å². The van der Waals surface area contributed by atoms with Crippen molar-refractivity contribution in [2.24, 2.45) is 0 Å². The second-order valence-electron chi connectivity index (χ2n) is 8.73. The van der Waals surface area contributed by atoms with Crippen LogP contribution in [-0.4, -0.2) is 33.1 Å². The number of phenolic OH excluding ortho intramolecular Hbond substituents is 1. The molecule has 0 aliphatic carbocycles. The van der Waals surface area contributed by atoms with E-state index >= 15 is 8.78 Å². The van der Waals surface area contributed by atoms with Crippen molar-refractivity contribution in [2.75, 3.05) is 12.3 Å². The van der Waals surface area contributed by atoms with Gasteiger partial charge in [0, 0.05) is 18.7 Å². The molecule has 0 saturated heterocycles. The predicted octanol–water partition coefficient (Wildman–Crippen LogP) is 3.87. The van der Waals surface area contributed by atoms with Crippen molar-refractivity contribution < 1.29 is 37.4 Å². The van der Waals surface area contributed by atoms with E-state index in [9.17, 15) is 33.4 Å². The van der Waals surface area contributed by atoms with E-state index in [1.165, 1.54) is 24.3 Å². The highest BCUT2D eigenvalue weighted by Crippen LogP contribution is 2.25. The number of ketones is 1. The average Bonchev–Trinajstić information content (AvgIpc) is 2.88. The summed E-state index contributed by atoms with van der Waals surface area (Å²) in [5.74, 6) is -7.46. The van der Waals surface area contributed by atoms with Gasteiger partial charge in [0.15, 0.2) is 17.4 Å². The normalized spacial score (nSPS) is 11.8. The van der Waals surface area contributed by atoms with Gasteiger partial charge in [0.1, 0.15) is 34.9 Å². The van der Waals surface area contributed by atoms with E-state index in [2.05, 4.69) is 5.32 Å². The van der Waals surface area contributed by atoms with Crippen LogP contribution in [0.25, 0.3) is 5.69 Å². The number of hydrogen-bond acceptors (Lipinski definition) is 6.